The first-order chi connectivity index (χ1) is 15.2. The number of nitrogens with one attached hydrogen (secondary N) is 2. The van der Waals surface area contributed by atoms with Crippen LogP contribution >= 0.6 is 0 Å². The third-order valence-electron chi connectivity index (χ3n) is 4.59. The Balaban J connectivity index is 2.01. The molecule has 0 heterocycles. The molecule has 2 rings (SSSR count). The first kappa shape index (κ1) is 24.5. The molecular formula is C25H27N3O4. The van der Waals surface area contributed by atoms with Gasteiger partial charge in [-0.25, -0.2) is 10.3 Å². The fourth-order valence-electron chi connectivity index (χ4n) is 2.81. The van der Waals surface area contributed by atoms with Gasteiger partial charge in [-0.05, 0) is 62.4 Å². The summed E-state index contributed by atoms with van der Waals surface area (Å²) in [7, 11) is 0. The number of nitrogens with zero attached hydrogens (tertiary/aromatic N) is 1. The van der Waals surface area contributed by atoms with Crippen LogP contribution in [0.25, 0.3) is 0 Å². The number of carbonyl (C=O) groups is 2. The summed E-state index contributed by atoms with van der Waals surface area (Å²) in [5.41, 5.74) is 3.46. The smallest absolute Gasteiger partial charge is 0.407 e. The van der Waals surface area contributed by atoms with Crippen LogP contribution in [0.1, 0.15) is 37.5 Å². The van der Waals surface area contributed by atoms with E-state index in [0.717, 1.165) is 21.6 Å². The van der Waals surface area contributed by atoms with Crippen LogP contribution in [-0.4, -0.2) is 45.3 Å². The van der Waals surface area contributed by atoms with Gasteiger partial charge >= 0.3 is 6.09 Å². The van der Waals surface area contributed by atoms with Crippen LogP contribution in [0.15, 0.2) is 54.6 Å². The zero-order valence-corrected chi connectivity index (χ0v) is 18.3. The third kappa shape index (κ3) is 7.81. The molecule has 0 spiro atoms. The second-order valence-electron chi connectivity index (χ2n) is 8.04. The van der Waals surface area contributed by atoms with Crippen LogP contribution in [0.2, 0.25) is 0 Å². The maximum atomic E-state index is 12.0. The number of hydrogen-bond acceptors (Lipinski definition) is 4. The molecule has 32 heavy (non-hydrogen) atoms. The van der Waals surface area contributed by atoms with Gasteiger partial charge in [-0.1, -0.05) is 42.2 Å². The highest BCUT2D eigenvalue weighted by Crippen LogP contribution is 2.14. The molecule has 0 fully saturated rings. The fourth-order valence-corrected chi connectivity index (χ4v) is 2.81. The van der Waals surface area contributed by atoms with Crippen molar-refractivity contribution >= 4 is 12.0 Å². The molecule has 0 aliphatic carbocycles. The zero-order chi connectivity index (χ0) is 23.6. The quantitative estimate of drug-likeness (QED) is 0.319. The Morgan fingerprint density at radius 2 is 1.53 bits per heavy atom. The molecule has 2 aromatic carbocycles. The molecule has 0 aromatic heterocycles. The lowest BCUT2D eigenvalue weighted by atomic mass is 10.1. The van der Waals surface area contributed by atoms with Crippen LogP contribution in [-0.2, 0) is 11.3 Å². The van der Waals surface area contributed by atoms with Gasteiger partial charge in [0.05, 0.1) is 0 Å². The number of carbonyl (C=O) groups excluding carboxylic acids is 1. The van der Waals surface area contributed by atoms with Crippen molar-refractivity contribution in [2.24, 2.45) is 0 Å². The molecule has 0 unspecified atom stereocenters. The van der Waals surface area contributed by atoms with Crippen molar-refractivity contribution in [2.75, 3.05) is 6.54 Å². The zero-order valence-electron chi connectivity index (χ0n) is 18.3. The largest absolute Gasteiger partial charge is 0.465 e. The van der Waals surface area contributed by atoms with Crippen molar-refractivity contribution < 1.29 is 19.9 Å². The first-order valence-corrected chi connectivity index (χ1v) is 10.0. The first-order valence-electron chi connectivity index (χ1n) is 10.0. The van der Waals surface area contributed by atoms with E-state index in [4.69, 9.17) is 5.21 Å². The van der Waals surface area contributed by atoms with Gasteiger partial charge in [0.2, 0.25) is 0 Å². The molecule has 2 amide bonds. The van der Waals surface area contributed by atoms with Crippen LogP contribution in [0.3, 0.4) is 0 Å². The third-order valence-corrected chi connectivity index (χ3v) is 4.59. The normalized spacial score (nSPS) is 11.2. The molecule has 0 bridgehead atoms. The predicted octanol–water partition coefficient (Wildman–Crippen LogP) is 2.83. The molecule has 1 atom stereocenters. The molecule has 0 aliphatic rings. The van der Waals surface area contributed by atoms with Gasteiger partial charge < -0.3 is 15.3 Å². The number of hydrogen-bond donors (Lipinski definition) is 4. The molecule has 4 N–H and O–H groups in total. The molecule has 0 saturated carbocycles. The minimum absolute atomic E-state index is 0.116. The number of rotatable bonds is 6. The standard InChI is InChI=1S/C25H27N3O4/c1-25(2,3)28(24(30)31)18-22(23(29)27-32)26-17-21-15-13-20(14-16-21)12-8-7-11-19-9-5-4-6-10-19/h4-6,9-10,13-16,22,26,32H,17-18H2,1-3H3,(H,27,29)(H,30,31)/t22-/m0/s1. The van der Waals surface area contributed by atoms with Crippen LogP contribution < -0.4 is 10.8 Å². The SMILES string of the molecule is CC(C)(C)N(C[C@H](NCc1ccc(C#CC#Cc2ccccc2)cc1)C(=O)NO)C(=O)O. The van der Waals surface area contributed by atoms with Crippen molar-refractivity contribution in [3.8, 4) is 23.7 Å². The summed E-state index contributed by atoms with van der Waals surface area (Å²) in [4.78, 5) is 24.8. The average Bonchev–Trinajstić information content (AvgIpc) is 2.76. The van der Waals surface area contributed by atoms with E-state index >= 15 is 0 Å². The summed E-state index contributed by atoms with van der Waals surface area (Å²) in [5, 5.41) is 21.5. The Hall–Kier alpha value is -3.78. The molecule has 0 radical (unpaired) electrons. The molecule has 0 saturated heterocycles. The fraction of sp³-hybridized carbons (Fsp3) is 0.280. The van der Waals surface area contributed by atoms with E-state index < -0.39 is 23.6 Å². The molecule has 7 heteroatoms. The van der Waals surface area contributed by atoms with Crippen LogP contribution in [0, 0.1) is 23.7 Å². The van der Waals surface area contributed by atoms with Gasteiger partial charge in [-0.3, -0.25) is 10.0 Å². The van der Waals surface area contributed by atoms with E-state index in [2.05, 4.69) is 29.0 Å². The summed E-state index contributed by atoms with van der Waals surface area (Å²) in [5.74, 6) is 10.9. The van der Waals surface area contributed by atoms with Crippen molar-refractivity contribution in [3.05, 3.63) is 71.3 Å². The Bertz CT molecular complexity index is 1040. The van der Waals surface area contributed by atoms with E-state index in [1.54, 1.807) is 26.3 Å². The summed E-state index contributed by atoms with van der Waals surface area (Å²) >= 11 is 0. The van der Waals surface area contributed by atoms with Gasteiger partial charge in [-0.2, -0.15) is 0 Å². The number of amides is 2. The Labute approximate surface area is 188 Å². The lowest BCUT2D eigenvalue weighted by Gasteiger charge is -2.35. The second kappa shape index (κ2) is 11.6. The highest BCUT2D eigenvalue weighted by atomic mass is 16.5. The summed E-state index contributed by atoms with van der Waals surface area (Å²) < 4.78 is 0. The van der Waals surface area contributed by atoms with E-state index in [0.29, 0.717) is 6.54 Å². The maximum absolute atomic E-state index is 12.0. The van der Waals surface area contributed by atoms with Gasteiger partial charge in [-0.15, -0.1) is 0 Å². The molecule has 7 nitrogen and oxygen atoms in total. The Morgan fingerprint density at radius 3 is 2.03 bits per heavy atom. The van der Waals surface area contributed by atoms with E-state index in [1.165, 1.54) is 0 Å². The number of benzene rings is 2. The summed E-state index contributed by atoms with van der Waals surface area (Å²) in [6.45, 7) is 5.39. The summed E-state index contributed by atoms with van der Waals surface area (Å²) in [6, 6.07) is 16.1. The second-order valence-corrected chi connectivity index (χ2v) is 8.04. The van der Waals surface area contributed by atoms with Gasteiger partial charge in [0.15, 0.2) is 0 Å². The topological polar surface area (TPSA) is 102 Å². The Morgan fingerprint density at radius 1 is 0.969 bits per heavy atom. The minimum atomic E-state index is -1.15. The van der Waals surface area contributed by atoms with Crippen molar-refractivity contribution in [2.45, 2.75) is 38.9 Å². The van der Waals surface area contributed by atoms with Gasteiger partial charge in [0.25, 0.3) is 5.91 Å². The summed E-state index contributed by atoms with van der Waals surface area (Å²) in [6.07, 6.45) is -1.15. The lowest BCUT2D eigenvalue weighted by Crippen LogP contribution is -2.55. The molecule has 2 aromatic rings. The van der Waals surface area contributed by atoms with Crippen molar-refractivity contribution in [1.82, 2.24) is 15.7 Å². The monoisotopic (exact) mass is 433 g/mol. The van der Waals surface area contributed by atoms with Crippen LogP contribution in [0.4, 0.5) is 4.79 Å². The minimum Gasteiger partial charge on any atom is -0.465 e. The van der Waals surface area contributed by atoms with Gasteiger partial charge in [0, 0.05) is 29.8 Å². The molecule has 166 valence electrons. The highest BCUT2D eigenvalue weighted by molar-refractivity contribution is 5.81. The molecular weight excluding hydrogens is 406 g/mol. The lowest BCUT2D eigenvalue weighted by molar-refractivity contribution is -0.132. The predicted molar refractivity (Wildman–Crippen MR) is 122 cm³/mol. The number of hydroxylamine groups is 1. The maximum Gasteiger partial charge on any atom is 0.407 e. The highest BCUT2D eigenvalue weighted by Gasteiger charge is 2.31. The van der Waals surface area contributed by atoms with E-state index in [1.807, 2.05) is 54.6 Å². The van der Waals surface area contributed by atoms with Crippen molar-refractivity contribution in [3.63, 3.8) is 0 Å². The molecule has 0 aliphatic heterocycles. The number of carboxylic acid groups (broad SMARTS) is 1. The Kier molecular flexibility index (Phi) is 8.85. The van der Waals surface area contributed by atoms with Crippen molar-refractivity contribution in [1.29, 1.82) is 0 Å². The van der Waals surface area contributed by atoms with Crippen LogP contribution in [0.5, 0.6) is 0 Å². The van der Waals surface area contributed by atoms with E-state index in [-0.39, 0.29) is 6.54 Å². The van der Waals surface area contributed by atoms with Gasteiger partial charge in [0.1, 0.15) is 6.04 Å². The van der Waals surface area contributed by atoms with E-state index in [9.17, 15) is 14.7 Å². The average molecular weight is 434 g/mol.